The first-order chi connectivity index (χ1) is 9.13. The Labute approximate surface area is 112 Å². The van der Waals surface area contributed by atoms with Gasteiger partial charge in [-0.2, -0.15) is 0 Å². The zero-order valence-corrected chi connectivity index (χ0v) is 11.1. The Kier molecular flexibility index (Phi) is 4.55. The molecule has 0 radical (unpaired) electrons. The molecule has 0 saturated carbocycles. The van der Waals surface area contributed by atoms with Gasteiger partial charge in [0.1, 0.15) is 6.10 Å². The van der Waals surface area contributed by atoms with Crippen molar-refractivity contribution in [2.45, 2.75) is 38.7 Å². The number of carbonyl (C=O) groups is 2. The van der Waals surface area contributed by atoms with Crippen molar-refractivity contribution in [1.82, 2.24) is 0 Å². The van der Waals surface area contributed by atoms with Crippen LogP contribution in [0.2, 0.25) is 0 Å². The maximum atomic E-state index is 11.3. The van der Waals surface area contributed by atoms with Crippen molar-refractivity contribution in [3.63, 3.8) is 0 Å². The molecule has 4 heteroatoms. The second-order valence-electron chi connectivity index (χ2n) is 4.84. The van der Waals surface area contributed by atoms with Crippen molar-refractivity contribution in [3.05, 3.63) is 35.4 Å². The fraction of sp³-hybridized carbons (Fsp3) is 0.467. The van der Waals surface area contributed by atoms with Crippen molar-refractivity contribution in [3.8, 4) is 0 Å². The van der Waals surface area contributed by atoms with Gasteiger partial charge in [-0.3, -0.25) is 4.79 Å². The fourth-order valence-electron chi connectivity index (χ4n) is 2.05. The van der Waals surface area contributed by atoms with Gasteiger partial charge in [0.25, 0.3) is 0 Å². The molecular weight excluding hydrogens is 244 g/mol. The number of rotatable bonds is 3. The molecule has 0 aromatic heterocycles. The molecule has 0 spiro atoms. The summed E-state index contributed by atoms with van der Waals surface area (Å²) in [6.45, 7) is 1.78. The molecule has 1 aromatic rings. The summed E-state index contributed by atoms with van der Waals surface area (Å²) >= 11 is 0. The van der Waals surface area contributed by atoms with E-state index in [2.05, 4.69) is 24.3 Å². The molecule has 0 aliphatic carbocycles. The van der Waals surface area contributed by atoms with Crippen LogP contribution in [0, 0.1) is 6.92 Å². The topological polar surface area (TPSA) is 52.6 Å². The van der Waals surface area contributed by atoms with Crippen LogP contribution in [0.1, 0.15) is 30.4 Å². The largest absolute Gasteiger partial charge is 0.460 e. The summed E-state index contributed by atoms with van der Waals surface area (Å²) < 4.78 is 9.97. The fourth-order valence-corrected chi connectivity index (χ4v) is 2.05. The summed E-state index contributed by atoms with van der Waals surface area (Å²) in [5, 5.41) is 0. The average molecular weight is 262 g/mol. The van der Waals surface area contributed by atoms with Gasteiger partial charge in [-0.15, -0.1) is 0 Å². The summed E-state index contributed by atoms with van der Waals surface area (Å²) in [5.74, 6) is -0.779. The Balaban J connectivity index is 1.88. The van der Waals surface area contributed by atoms with Crippen LogP contribution < -0.4 is 0 Å². The monoisotopic (exact) mass is 262 g/mol. The molecule has 1 aromatic carbocycles. The lowest BCUT2D eigenvalue weighted by atomic mass is 10.0. The number of carbonyl (C=O) groups excluding carboxylic acids is 2. The van der Waals surface area contributed by atoms with Crippen molar-refractivity contribution in [2.75, 3.05) is 6.61 Å². The Hall–Kier alpha value is -1.84. The van der Waals surface area contributed by atoms with E-state index >= 15 is 0 Å². The van der Waals surface area contributed by atoms with Gasteiger partial charge in [-0.25, -0.2) is 4.79 Å². The molecule has 0 unspecified atom stereocenters. The third-order valence-electron chi connectivity index (χ3n) is 3.20. The number of aryl methyl sites for hydroxylation is 2. The maximum Gasteiger partial charge on any atom is 0.344 e. The molecule has 0 amide bonds. The van der Waals surface area contributed by atoms with Crippen LogP contribution in [-0.4, -0.2) is 24.6 Å². The van der Waals surface area contributed by atoms with Crippen LogP contribution >= 0.6 is 0 Å². The SMILES string of the molecule is Cc1ccc(CC[C@H]2CCC(=O)OCC(=O)O2)cc1. The third-order valence-corrected chi connectivity index (χ3v) is 3.20. The highest BCUT2D eigenvalue weighted by Gasteiger charge is 2.21. The number of esters is 2. The lowest BCUT2D eigenvalue weighted by Gasteiger charge is -2.20. The Morgan fingerprint density at radius 3 is 2.63 bits per heavy atom. The summed E-state index contributed by atoms with van der Waals surface area (Å²) in [6.07, 6.45) is 2.24. The first-order valence-electron chi connectivity index (χ1n) is 6.54. The van der Waals surface area contributed by atoms with Crippen molar-refractivity contribution >= 4 is 11.9 Å². The molecule has 19 heavy (non-hydrogen) atoms. The minimum Gasteiger partial charge on any atom is -0.460 e. The summed E-state index contributed by atoms with van der Waals surface area (Å²) in [5.41, 5.74) is 2.44. The van der Waals surface area contributed by atoms with E-state index in [0.29, 0.717) is 12.8 Å². The molecule has 0 bridgehead atoms. The quantitative estimate of drug-likeness (QED) is 0.783. The van der Waals surface area contributed by atoms with Crippen LogP contribution in [0.3, 0.4) is 0 Å². The standard InChI is InChI=1S/C15H18O4/c1-11-2-4-12(5-3-11)6-7-13-8-9-14(16)18-10-15(17)19-13/h2-5,13H,6-10H2,1H3/t13-/m0/s1. The Morgan fingerprint density at radius 1 is 1.16 bits per heavy atom. The molecule has 1 aliphatic rings. The van der Waals surface area contributed by atoms with Gasteiger partial charge in [0, 0.05) is 6.42 Å². The zero-order valence-electron chi connectivity index (χ0n) is 11.1. The average Bonchev–Trinajstić information content (AvgIpc) is 2.39. The molecule has 0 N–H and O–H groups in total. The van der Waals surface area contributed by atoms with Crippen LogP contribution in [0.4, 0.5) is 0 Å². The van der Waals surface area contributed by atoms with E-state index in [9.17, 15) is 9.59 Å². The first kappa shape index (κ1) is 13.6. The Morgan fingerprint density at radius 2 is 1.89 bits per heavy atom. The van der Waals surface area contributed by atoms with Crippen LogP contribution in [0.25, 0.3) is 0 Å². The van der Waals surface area contributed by atoms with Gasteiger partial charge < -0.3 is 9.47 Å². The number of hydrogen-bond acceptors (Lipinski definition) is 4. The van der Waals surface area contributed by atoms with E-state index in [1.165, 1.54) is 11.1 Å². The van der Waals surface area contributed by atoms with Gasteiger partial charge >= 0.3 is 11.9 Å². The van der Waals surface area contributed by atoms with Crippen molar-refractivity contribution in [1.29, 1.82) is 0 Å². The molecule has 1 heterocycles. The number of cyclic esters (lactones) is 2. The molecular formula is C15H18O4. The van der Waals surface area contributed by atoms with Gasteiger partial charge in [-0.1, -0.05) is 29.8 Å². The maximum absolute atomic E-state index is 11.3. The predicted octanol–water partition coefficient (Wildman–Crippen LogP) is 2.18. The van der Waals surface area contributed by atoms with E-state index in [1.807, 2.05) is 6.92 Å². The van der Waals surface area contributed by atoms with Gasteiger partial charge in [0.15, 0.2) is 6.61 Å². The molecule has 1 atom stereocenters. The van der Waals surface area contributed by atoms with Gasteiger partial charge in [0.05, 0.1) is 0 Å². The Bertz CT molecular complexity index is 450. The van der Waals surface area contributed by atoms with Crippen molar-refractivity contribution < 1.29 is 19.1 Å². The molecule has 4 nitrogen and oxygen atoms in total. The molecule has 1 fully saturated rings. The molecule has 1 aliphatic heterocycles. The second-order valence-corrected chi connectivity index (χ2v) is 4.84. The van der Waals surface area contributed by atoms with Gasteiger partial charge in [0.2, 0.25) is 0 Å². The van der Waals surface area contributed by atoms with Crippen molar-refractivity contribution in [2.24, 2.45) is 0 Å². The first-order valence-corrected chi connectivity index (χ1v) is 6.54. The number of hydrogen-bond donors (Lipinski definition) is 0. The lowest BCUT2D eigenvalue weighted by molar-refractivity contribution is -0.167. The molecule has 1 saturated heterocycles. The van der Waals surface area contributed by atoms with Crippen LogP contribution in [-0.2, 0) is 25.5 Å². The predicted molar refractivity (Wildman–Crippen MR) is 69.6 cm³/mol. The normalized spacial score (nSPS) is 20.2. The minimum atomic E-state index is -0.457. The van der Waals surface area contributed by atoms with Gasteiger partial charge in [-0.05, 0) is 31.7 Å². The lowest BCUT2D eigenvalue weighted by Crippen LogP contribution is -2.27. The summed E-state index contributed by atoms with van der Waals surface area (Å²) in [6, 6.07) is 8.29. The molecule has 102 valence electrons. The van der Waals surface area contributed by atoms with E-state index < -0.39 is 5.97 Å². The summed E-state index contributed by atoms with van der Waals surface area (Å²) in [4.78, 5) is 22.6. The van der Waals surface area contributed by atoms with Crippen LogP contribution in [0.15, 0.2) is 24.3 Å². The number of ether oxygens (including phenoxy) is 2. The highest BCUT2D eigenvalue weighted by Crippen LogP contribution is 2.15. The van der Waals surface area contributed by atoms with Crippen LogP contribution in [0.5, 0.6) is 0 Å². The number of benzene rings is 1. The van der Waals surface area contributed by atoms with E-state index in [4.69, 9.17) is 9.47 Å². The van der Waals surface area contributed by atoms with E-state index in [1.54, 1.807) is 0 Å². The zero-order chi connectivity index (χ0) is 13.7. The molecule has 2 rings (SSSR count). The summed E-state index contributed by atoms with van der Waals surface area (Å²) in [7, 11) is 0. The third kappa shape index (κ3) is 4.39. The van der Waals surface area contributed by atoms with E-state index in [0.717, 1.165) is 12.8 Å². The minimum absolute atomic E-state index is 0.193. The highest BCUT2D eigenvalue weighted by molar-refractivity contribution is 5.77. The smallest absolute Gasteiger partial charge is 0.344 e. The second kappa shape index (κ2) is 6.36. The van der Waals surface area contributed by atoms with E-state index in [-0.39, 0.29) is 18.7 Å². The highest BCUT2D eigenvalue weighted by atomic mass is 16.6.